The number of aromatic nitrogens is 1. The topological polar surface area (TPSA) is 55.1 Å². The van der Waals surface area contributed by atoms with E-state index in [4.69, 9.17) is 0 Å². The summed E-state index contributed by atoms with van der Waals surface area (Å²) in [5.74, 6) is -0.149. The van der Waals surface area contributed by atoms with E-state index < -0.39 is 0 Å². The molecule has 4 heteroatoms. The van der Waals surface area contributed by atoms with Crippen molar-refractivity contribution < 1.29 is 9.32 Å². The minimum absolute atomic E-state index is 0.00995. The molecule has 1 N–H and O–H groups in total. The third kappa shape index (κ3) is 1.32. The summed E-state index contributed by atoms with van der Waals surface area (Å²) >= 11 is 0. The minimum atomic E-state index is -0.149. The van der Waals surface area contributed by atoms with Crippen LogP contribution in [0.1, 0.15) is 30.3 Å². The Bertz CT molecular complexity index is 288. The summed E-state index contributed by atoms with van der Waals surface area (Å²) in [6.45, 7) is 2.02. The fourth-order valence-corrected chi connectivity index (χ4v) is 0.980. The first-order valence-corrected chi connectivity index (χ1v) is 3.93. The second kappa shape index (κ2) is 2.33. The normalized spacial score (nSPS) is 18.8. The van der Waals surface area contributed by atoms with E-state index in [2.05, 4.69) is 15.0 Å². The smallest absolute Gasteiger partial charge is 0.273 e. The van der Waals surface area contributed by atoms with E-state index in [1.807, 2.05) is 6.92 Å². The van der Waals surface area contributed by atoms with Gasteiger partial charge in [0.25, 0.3) is 5.91 Å². The van der Waals surface area contributed by atoms with Gasteiger partial charge in [-0.3, -0.25) is 4.79 Å². The first kappa shape index (κ1) is 7.34. The van der Waals surface area contributed by atoms with Crippen LogP contribution in [-0.4, -0.2) is 16.6 Å². The number of hydrogen-bond donors (Lipinski definition) is 1. The molecule has 2 rings (SSSR count). The molecule has 0 radical (unpaired) electrons. The minimum Gasteiger partial charge on any atom is -0.364 e. The molecule has 4 nitrogen and oxygen atoms in total. The van der Waals surface area contributed by atoms with Gasteiger partial charge in [0.2, 0.25) is 0 Å². The number of nitrogens with zero attached hydrogens (tertiary/aromatic N) is 1. The van der Waals surface area contributed by atoms with Crippen LogP contribution in [0.25, 0.3) is 0 Å². The predicted octanol–water partition coefficient (Wildman–Crippen LogP) is 0.957. The van der Waals surface area contributed by atoms with Crippen LogP contribution in [-0.2, 0) is 0 Å². The first-order valence-electron chi connectivity index (χ1n) is 3.93. The zero-order chi connectivity index (χ0) is 8.60. The van der Waals surface area contributed by atoms with Gasteiger partial charge in [-0.15, -0.1) is 0 Å². The standard InChI is InChI=1S/C8H10N2O2/c1-8(3-4-8)9-7(11)6-2-5-12-10-6/h2,5H,3-4H2,1H3,(H,9,11). The van der Waals surface area contributed by atoms with Gasteiger partial charge in [0.1, 0.15) is 6.26 Å². The molecule has 1 saturated carbocycles. The highest BCUT2D eigenvalue weighted by Crippen LogP contribution is 2.34. The number of carbonyl (C=O) groups is 1. The van der Waals surface area contributed by atoms with Crippen molar-refractivity contribution in [2.75, 3.05) is 0 Å². The van der Waals surface area contributed by atoms with E-state index in [1.165, 1.54) is 6.26 Å². The monoisotopic (exact) mass is 166 g/mol. The molecule has 1 aliphatic rings. The van der Waals surface area contributed by atoms with Crippen LogP contribution in [0.4, 0.5) is 0 Å². The zero-order valence-electron chi connectivity index (χ0n) is 6.83. The molecule has 0 atom stereocenters. The highest BCUT2D eigenvalue weighted by atomic mass is 16.5. The number of amides is 1. The fraction of sp³-hybridized carbons (Fsp3) is 0.500. The molecular formula is C8H10N2O2. The molecule has 0 unspecified atom stereocenters. The van der Waals surface area contributed by atoms with Gasteiger partial charge in [0.15, 0.2) is 5.69 Å². The van der Waals surface area contributed by atoms with Crippen molar-refractivity contribution in [3.05, 3.63) is 18.0 Å². The lowest BCUT2D eigenvalue weighted by molar-refractivity contribution is 0.0926. The molecule has 12 heavy (non-hydrogen) atoms. The van der Waals surface area contributed by atoms with Crippen molar-refractivity contribution in [2.45, 2.75) is 25.3 Å². The van der Waals surface area contributed by atoms with Crippen LogP contribution in [0.2, 0.25) is 0 Å². The molecule has 1 heterocycles. The van der Waals surface area contributed by atoms with Gasteiger partial charge in [-0.1, -0.05) is 5.16 Å². The summed E-state index contributed by atoms with van der Waals surface area (Å²) in [5.41, 5.74) is 0.360. The quantitative estimate of drug-likeness (QED) is 0.711. The summed E-state index contributed by atoms with van der Waals surface area (Å²) in [6.07, 6.45) is 3.50. The van der Waals surface area contributed by atoms with Gasteiger partial charge < -0.3 is 9.84 Å². The van der Waals surface area contributed by atoms with E-state index in [0.717, 1.165) is 12.8 Å². The van der Waals surface area contributed by atoms with Gasteiger partial charge >= 0.3 is 0 Å². The summed E-state index contributed by atoms with van der Waals surface area (Å²) < 4.78 is 4.56. The van der Waals surface area contributed by atoms with Crippen molar-refractivity contribution in [3.63, 3.8) is 0 Å². The molecule has 1 aromatic rings. The Morgan fingerprint density at radius 1 is 1.75 bits per heavy atom. The summed E-state index contributed by atoms with van der Waals surface area (Å²) in [6, 6.07) is 1.56. The Labute approximate surface area is 69.9 Å². The van der Waals surface area contributed by atoms with Gasteiger partial charge in [-0.2, -0.15) is 0 Å². The number of rotatable bonds is 2. The molecule has 0 bridgehead atoms. The van der Waals surface area contributed by atoms with Crippen molar-refractivity contribution in [1.29, 1.82) is 0 Å². The van der Waals surface area contributed by atoms with E-state index in [-0.39, 0.29) is 11.4 Å². The van der Waals surface area contributed by atoms with E-state index >= 15 is 0 Å². The lowest BCUT2D eigenvalue weighted by Gasteiger charge is -2.08. The van der Waals surface area contributed by atoms with Crippen molar-refractivity contribution in [2.24, 2.45) is 0 Å². The van der Waals surface area contributed by atoms with Crippen molar-refractivity contribution >= 4 is 5.91 Å². The van der Waals surface area contributed by atoms with Crippen LogP contribution in [0.15, 0.2) is 16.9 Å². The maximum atomic E-state index is 11.3. The average molecular weight is 166 g/mol. The average Bonchev–Trinajstić information content (AvgIpc) is 2.55. The maximum absolute atomic E-state index is 11.3. The number of hydrogen-bond acceptors (Lipinski definition) is 3. The Hall–Kier alpha value is -1.32. The molecular weight excluding hydrogens is 156 g/mol. The summed E-state index contributed by atoms with van der Waals surface area (Å²) in [4.78, 5) is 11.3. The lowest BCUT2D eigenvalue weighted by Crippen LogP contribution is -2.34. The van der Waals surface area contributed by atoms with E-state index in [1.54, 1.807) is 6.07 Å². The van der Waals surface area contributed by atoms with Crippen LogP contribution in [0, 0.1) is 0 Å². The van der Waals surface area contributed by atoms with Crippen molar-refractivity contribution in [1.82, 2.24) is 10.5 Å². The third-order valence-corrected chi connectivity index (χ3v) is 2.09. The third-order valence-electron chi connectivity index (χ3n) is 2.09. The first-order chi connectivity index (χ1) is 5.70. The van der Waals surface area contributed by atoms with Crippen LogP contribution in [0.5, 0.6) is 0 Å². The Balaban J connectivity index is 2.02. The van der Waals surface area contributed by atoms with Gasteiger partial charge in [0, 0.05) is 11.6 Å². The molecule has 1 fully saturated rings. The molecule has 1 aromatic heterocycles. The molecule has 1 amide bonds. The highest BCUT2D eigenvalue weighted by molar-refractivity contribution is 5.92. The summed E-state index contributed by atoms with van der Waals surface area (Å²) in [5, 5.41) is 6.41. The summed E-state index contributed by atoms with van der Waals surface area (Å²) in [7, 11) is 0. The fourth-order valence-electron chi connectivity index (χ4n) is 0.980. The van der Waals surface area contributed by atoms with E-state index in [9.17, 15) is 4.79 Å². The lowest BCUT2D eigenvalue weighted by atomic mass is 10.3. The second-order valence-corrected chi connectivity index (χ2v) is 3.40. The molecule has 0 spiro atoms. The molecule has 0 saturated heterocycles. The van der Waals surface area contributed by atoms with E-state index in [0.29, 0.717) is 5.69 Å². The van der Waals surface area contributed by atoms with Gasteiger partial charge in [-0.25, -0.2) is 0 Å². The largest absolute Gasteiger partial charge is 0.364 e. The maximum Gasteiger partial charge on any atom is 0.273 e. The number of nitrogens with one attached hydrogen (secondary N) is 1. The van der Waals surface area contributed by atoms with Crippen molar-refractivity contribution in [3.8, 4) is 0 Å². The van der Waals surface area contributed by atoms with Gasteiger partial charge in [0.05, 0.1) is 0 Å². The van der Waals surface area contributed by atoms with Crippen LogP contribution < -0.4 is 5.32 Å². The second-order valence-electron chi connectivity index (χ2n) is 3.40. The Morgan fingerprint density at radius 3 is 3.00 bits per heavy atom. The molecule has 1 aliphatic carbocycles. The van der Waals surface area contributed by atoms with Crippen LogP contribution >= 0.6 is 0 Å². The highest BCUT2D eigenvalue weighted by Gasteiger charge is 2.39. The predicted molar refractivity (Wildman–Crippen MR) is 41.6 cm³/mol. The molecule has 64 valence electrons. The Morgan fingerprint density at radius 2 is 2.50 bits per heavy atom. The van der Waals surface area contributed by atoms with Crippen LogP contribution in [0.3, 0.4) is 0 Å². The molecule has 0 aliphatic heterocycles. The Kier molecular flexibility index (Phi) is 1.43. The SMILES string of the molecule is CC1(NC(=O)c2ccon2)CC1. The molecule has 0 aromatic carbocycles. The van der Waals surface area contributed by atoms with Gasteiger partial charge in [-0.05, 0) is 19.8 Å². The number of carbonyl (C=O) groups excluding carboxylic acids is 1. The zero-order valence-corrected chi connectivity index (χ0v) is 6.83.